The van der Waals surface area contributed by atoms with Gasteiger partial charge < -0.3 is 15.5 Å². The molecular formula is C29H36N4O2S. The van der Waals surface area contributed by atoms with Gasteiger partial charge in [0, 0.05) is 29.6 Å². The van der Waals surface area contributed by atoms with Crippen molar-refractivity contribution in [1.29, 1.82) is 0 Å². The Labute approximate surface area is 218 Å². The number of amidine groups is 1. The van der Waals surface area contributed by atoms with E-state index in [2.05, 4.69) is 29.4 Å². The van der Waals surface area contributed by atoms with Crippen LogP contribution in [0, 0.1) is 5.92 Å². The number of thioether (sulfide) groups is 1. The standard InChI is InChI=1S/C29H36N4O2S/c1-4-6-11-21(5-2)27(34)31-24-16-14-22(15-17-24)26-25(28(35)32-23-12-8-7-9-13-23)20(3)30-29-33(26)18-10-19-36-29/h7-9,12-17,21,26H,4-6,10-11,18-19H2,1-3H3,(H,31,34)(H,32,35)/t21-,26+/m0/s1. The second-order valence-corrected chi connectivity index (χ2v) is 10.4. The van der Waals surface area contributed by atoms with Gasteiger partial charge in [-0.2, -0.15) is 0 Å². The number of nitrogens with zero attached hydrogens (tertiary/aromatic N) is 2. The van der Waals surface area contributed by atoms with Crippen LogP contribution < -0.4 is 10.6 Å². The van der Waals surface area contributed by atoms with Crippen LogP contribution in [-0.4, -0.2) is 34.2 Å². The zero-order valence-corrected chi connectivity index (χ0v) is 22.2. The number of benzene rings is 2. The van der Waals surface area contributed by atoms with E-state index in [9.17, 15) is 9.59 Å². The first-order chi connectivity index (χ1) is 17.5. The minimum absolute atomic E-state index is 0.0333. The number of hydrogen-bond acceptors (Lipinski definition) is 5. The van der Waals surface area contributed by atoms with Gasteiger partial charge in [-0.05, 0) is 56.0 Å². The minimum atomic E-state index is -0.230. The van der Waals surface area contributed by atoms with Crippen molar-refractivity contribution in [1.82, 2.24) is 4.90 Å². The van der Waals surface area contributed by atoms with Gasteiger partial charge in [-0.25, -0.2) is 4.99 Å². The Morgan fingerprint density at radius 1 is 1.06 bits per heavy atom. The zero-order valence-electron chi connectivity index (χ0n) is 21.4. The number of allylic oxidation sites excluding steroid dienone is 1. The van der Waals surface area contributed by atoms with E-state index in [1.54, 1.807) is 11.8 Å². The van der Waals surface area contributed by atoms with Crippen molar-refractivity contribution < 1.29 is 9.59 Å². The van der Waals surface area contributed by atoms with Crippen molar-refractivity contribution in [3.63, 3.8) is 0 Å². The Hall–Kier alpha value is -3.06. The number of hydrogen-bond donors (Lipinski definition) is 2. The molecule has 0 aromatic heterocycles. The molecular weight excluding hydrogens is 468 g/mol. The van der Waals surface area contributed by atoms with E-state index in [1.807, 2.05) is 61.5 Å². The fourth-order valence-corrected chi connectivity index (χ4v) is 5.81. The number of para-hydroxylation sites is 1. The van der Waals surface area contributed by atoms with Crippen LogP contribution in [0.25, 0.3) is 0 Å². The van der Waals surface area contributed by atoms with Crippen LogP contribution in [0.5, 0.6) is 0 Å². The molecule has 0 spiro atoms. The van der Waals surface area contributed by atoms with Gasteiger partial charge in [0.1, 0.15) is 0 Å². The normalized spacial score (nSPS) is 18.2. The summed E-state index contributed by atoms with van der Waals surface area (Å²) in [6.07, 6.45) is 4.94. The lowest BCUT2D eigenvalue weighted by Gasteiger charge is -2.41. The third-order valence-corrected chi connectivity index (χ3v) is 7.88. The molecule has 2 aromatic rings. The van der Waals surface area contributed by atoms with Gasteiger partial charge in [-0.1, -0.05) is 68.8 Å². The zero-order chi connectivity index (χ0) is 25.5. The number of anilines is 2. The van der Waals surface area contributed by atoms with Crippen LogP contribution >= 0.6 is 11.8 Å². The van der Waals surface area contributed by atoms with Gasteiger partial charge in [0.25, 0.3) is 5.91 Å². The molecule has 6 nitrogen and oxygen atoms in total. The highest BCUT2D eigenvalue weighted by Gasteiger charge is 2.37. The average molecular weight is 505 g/mol. The second kappa shape index (κ2) is 12.3. The van der Waals surface area contributed by atoms with E-state index in [0.29, 0.717) is 5.57 Å². The number of nitrogens with one attached hydrogen (secondary N) is 2. The van der Waals surface area contributed by atoms with E-state index in [4.69, 9.17) is 4.99 Å². The third kappa shape index (κ3) is 6.01. The molecule has 36 heavy (non-hydrogen) atoms. The average Bonchev–Trinajstić information content (AvgIpc) is 2.89. The molecule has 2 aliphatic rings. The molecule has 2 amide bonds. The highest BCUT2D eigenvalue weighted by molar-refractivity contribution is 8.13. The van der Waals surface area contributed by atoms with Crippen molar-refractivity contribution >= 4 is 40.1 Å². The van der Waals surface area contributed by atoms with Crippen molar-refractivity contribution in [2.75, 3.05) is 22.9 Å². The first-order valence-corrected chi connectivity index (χ1v) is 14.0. The van der Waals surface area contributed by atoms with Gasteiger partial charge in [-0.15, -0.1) is 0 Å². The van der Waals surface area contributed by atoms with Crippen LogP contribution in [0.4, 0.5) is 11.4 Å². The summed E-state index contributed by atoms with van der Waals surface area (Å²) in [4.78, 5) is 33.3. The molecule has 190 valence electrons. The van der Waals surface area contributed by atoms with Crippen molar-refractivity contribution in [3.8, 4) is 0 Å². The number of fused-ring (bicyclic) bond motifs is 1. The Bertz CT molecular complexity index is 1130. The minimum Gasteiger partial charge on any atom is -0.340 e. The highest BCUT2D eigenvalue weighted by atomic mass is 32.2. The van der Waals surface area contributed by atoms with Gasteiger partial charge in [0.15, 0.2) is 5.17 Å². The van der Waals surface area contributed by atoms with E-state index >= 15 is 0 Å². The van der Waals surface area contributed by atoms with Gasteiger partial charge in [0.2, 0.25) is 5.91 Å². The lowest BCUT2D eigenvalue weighted by molar-refractivity contribution is -0.120. The van der Waals surface area contributed by atoms with Gasteiger partial charge in [-0.3, -0.25) is 9.59 Å². The number of unbranched alkanes of at least 4 members (excludes halogenated alkanes) is 1. The SMILES string of the molecule is CCCC[C@H](CC)C(=O)Nc1ccc([C@@H]2C(C(=O)Nc3ccccc3)=C(C)N=C3SCCCN32)cc1. The van der Waals surface area contributed by atoms with Crippen molar-refractivity contribution in [2.24, 2.45) is 10.9 Å². The summed E-state index contributed by atoms with van der Waals surface area (Å²) < 4.78 is 0. The topological polar surface area (TPSA) is 73.8 Å². The molecule has 1 fully saturated rings. The summed E-state index contributed by atoms with van der Waals surface area (Å²) in [6, 6.07) is 17.2. The van der Waals surface area contributed by atoms with Crippen LogP contribution in [-0.2, 0) is 9.59 Å². The molecule has 0 bridgehead atoms. The molecule has 1 saturated heterocycles. The Morgan fingerprint density at radius 2 is 1.78 bits per heavy atom. The largest absolute Gasteiger partial charge is 0.340 e. The summed E-state index contributed by atoms with van der Waals surface area (Å²) >= 11 is 1.74. The van der Waals surface area contributed by atoms with Crippen LogP contribution in [0.3, 0.4) is 0 Å². The molecule has 2 heterocycles. The first kappa shape index (κ1) is 26.0. The molecule has 2 aromatic carbocycles. The lowest BCUT2D eigenvalue weighted by atomic mass is 9.93. The molecule has 0 radical (unpaired) electrons. The number of amides is 2. The monoisotopic (exact) mass is 504 g/mol. The second-order valence-electron chi connectivity index (χ2n) is 9.37. The Morgan fingerprint density at radius 3 is 2.47 bits per heavy atom. The van der Waals surface area contributed by atoms with Gasteiger partial charge >= 0.3 is 0 Å². The van der Waals surface area contributed by atoms with Crippen molar-refractivity contribution in [2.45, 2.75) is 58.9 Å². The first-order valence-electron chi connectivity index (χ1n) is 13.0. The number of aliphatic imine (C=N–C) groups is 1. The van der Waals surface area contributed by atoms with E-state index < -0.39 is 0 Å². The maximum Gasteiger partial charge on any atom is 0.255 e. The smallest absolute Gasteiger partial charge is 0.255 e. The molecule has 2 N–H and O–H groups in total. The fourth-order valence-electron chi connectivity index (χ4n) is 4.79. The van der Waals surface area contributed by atoms with Gasteiger partial charge in [0.05, 0.1) is 17.3 Å². The van der Waals surface area contributed by atoms with Crippen LogP contribution in [0.15, 0.2) is 70.9 Å². The number of carbonyl (C=O) groups is 2. The number of rotatable bonds is 9. The van der Waals surface area contributed by atoms with E-state index in [-0.39, 0.29) is 23.8 Å². The predicted octanol–water partition coefficient (Wildman–Crippen LogP) is 6.60. The molecule has 2 atom stereocenters. The summed E-state index contributed by atoms with van der Waals surface area (Å²) in [5.74, 6) is 1.01. The summed E-state index contributed by atoms with van der Waals surface area (Å²) in [5, 5.41) is 7.12. The van der Waals surface area contributed by atoms with Crippen LogP contribution in [0.1, 0.15) is 64.5 Å². The maximum absolute atomic E-state index is 13.5. The molecule has 4 rings (SSSR count). The summed E-state index contributed by atoms with van der Waals surface area (Å²) in [7, 11) is 0. The maximum atomic E-state index is 13.5. The number of carbonyl (C=O) groups excluding carboxylic acids is 2. The third-order valence-electron chi connectivity index (χ3n) is 6.80. The van der Waals surface area contributed by atoms with Crippen LogP contribution in [0.2, 0.25) is 0 Å². The van der Waals surface area contributed by atoms with E-state index in [0.717, 1.165) is 72.2 Å². The predicted molar refractivity (Wildman–Crippen MR) is 150 cm³/mol. The Balaban J connectivity index is 1.59. The molecule has 2 aliphatic heterocycles. The fraction of sp³-hybridized carbons (Fsp3) is 0.414. The molecule has 0 unspecified atom stereocenters. The molecule has 0 saturated carbocycles. The molecule has 7 heteroatoms. The summed E-state index contributed by atoms with van der Waals surface area (Å²) in [5.41, 5.74) is 3.96. The quantitative estimate of drug-likeness (QED) is 0.403. The summed E-state index contributed by atoms with van der Waals surface area (Å²) in [6.45, 7) is 6.98. The Kier molecular flexibility index (Phi) is 8.86. The molecule has 0 aliphatic carbocycles. The van der Waals surface area contributed by atoms with E-state index in [1.165, 1.54) is 0 Å². The van der Waals surface area contributed by atoms with Crippen molar-refractivity contribution in [3.05, 3.63) is 71.4 Å². The lowest BCUT2D eigenvalue weighted by Crippen LogP contribution is -2.43. The highest BCUT2D eigenvalue weighted by Crippen LogP contribution is 2.40.